The Balaban J connectivity index is 1.32. The summed E-state index contributed by atoms with van der Waals surface area (Å²) in [6, 6.07) is 18.9. The van der Waals surface area contributed by atoms with Crippen LogP contribution >= 0.6 is 11.6 Å². The number of amides is 1. The number of carbonyl (C=O) groups is 1. The van der Waals surface area contributed by atoms with Crippen molar-refractivity contribution in [1.29, 1.82) is 0 Å². The minimum Gasteiger partial charge on any atom is -0.484 e. The van der Waals surface area contributed by atoms with Gasteiger partial charge in [-0.25, -0.2) is 0 Å². The van der Waals surface area contributed by atoms with Gasteiger partial charge in [0.25, 0.3) is 5.91 Å². The van der Waals surface area contributed by atoms with Crippen molar-refractivity contribution in [3.63, 3.8) is 0 Å². The smallest absolute Gasteiger partial charge is 0.263 e. The van der Waals surface area contributed by atoms with Crippen molar-refractivity contribution in [2.75, 3.05) is 23.4 Å². The van der Waals surface area contributed by atoms with Gasteiger partial charge < -0.3 is 15.0 Å². The fourth-order valence-electron chi connectivity index (χ4n) is 3.11. The first-order valence-electron chi connectivity index (χ1n) is 9.01. The number of hydrogen-bond donors (Lipinski definition) is 1. The minimum atomic E-state index is -0.302. The van der Waals surface area contributed by atoms with Gasteiger partial charge in [-0.2, -0.15) is 0 Å². The molecule has 28 heavy (non-hydrogen) atoms. The molecule has 0 bridgehead atoms. The van der Waals surface area contributed by atoms with Gasteiger partial charge in [-0.15, -0.1) is 10.2 Å². The monoisotopic (exact) mass is 394 g/mol. The van der Waals surface area contributed by atoms with Crippen LogP contribution < -0.4 is 15.0 Å². The van der Waals surface area contributed by atoms with Crippen LogP contribution in [-0.4, -0.2) is 29.3 Å². The topological polar surface area (TPSA) is 67.3 Å². The van der Waals surface area contributed by atoms with Crippen molar-refractivity contribution in [1.82, 2.24) is 10.2 Å². The third-order valence-corrected chi connectivity index (χ3v) is 4.81. The van der Waals surface area contributed by atoms with Crippen molar-refractivity contribution >= 4 is 29.1 Å². The first kappa shape index (κ1) is 18.3. The summed E-state index contributed by atoms with van der Waals surface area (Å²) in [5, 5.41) is 11.7. The quantitative estimate of drug-likeness (QED) is 0.714. The number of anilines is 2. The number of benzene rings is 2. The zero-order valence-corrected chi connectivity index (χ0v) is 15.9. The van der Waals surface area contributed by atoms with E-state index in [2.05, 4.69) is 44.7 Å². The Hall–Kier alpha value is -3.12. The average molecular weight is 395 g/mol. The first-order chi connectivity index (χ1) is 13.7. The molecule has 0 fully saturated rings. The molecule has 4 rings (SSSR count). The van der Waals surface area contributed by atoms with Crippen LogP contribution in [0.1, 0.15) is 11.1 Å². The predicted octanol–water partition coefficient (Wildman–Crippen LogP) is 3.71. The van der Waals surface area contributed by atoms with E-state index in [4.69, 9.17) is 16.3 Å². The molecule has 142 valence electrons. The van der Waals surface area contributed by atoms with E-state index in [-0.39, 0.29) is 12.5 Å². The van der Waals surface area contributed by atoms with Crippen LogP contribution in [0.4, 0.5) is 11.6 Å². The Morgan fingerprint density at radius 2 is 1.82 bits per heavy atom. The van der Waals surface area contributed by atoms with Crippen molar-refractivity contribution in [3.8, 4) is 5.75 Å². The van der Waals surface area contributed by atoms with Crippen LogP contribution in [0.5, 0.6) is 5.75 Å². The van der Waals surface area contributed by atoms with Crippen LogP contribution in [0.15, 0.2) is 60.7 Å². The van der Waals surface area contributed by atoms with Gasteiger partial charge in [-0.1, -0.05) is 35.9 Å². The van der Waals surface area contributed by atoms with E-state index in [0.29, 0.717) is 16.6 Å². The highest BCUT2D eigenvalue weighted by Crippen LogP contribution is 2.23. The average Bonchev–Trinajstić information content (AvgIpc) is 2.73. The molecule has 0 spiro atoms. The standard InChI is InChI=1S/C21H19ClN4O2/c22-17-5-7-18(8-6-17)28-14-21(27)23-19-9-10-20(25-24-19)26-12-11-15-3-1-2-4-16(15)13-26/h1-10H,11-14H2,(H,23,24,27). The second kappa shape index (κ2) is 8.27. The van der Waals surface area contributed by atoms with Gasteiger partial charge in [0.15, 0.2) is 18.2 Å². The molecule has 0 aliphatic carbocycles. The van der Waals surface area contributed by atoms with E-state index in [9.17, 15) is 4.79 Å². The molecule has 0 radical (unpaired) electrons. The summed E-state index contributed by atoms with van der Waals surface area (Å²) in [7, 11) is 0. The lowest BCUT2D eigenvalue weighted by Crippen LogP contribution is -2.31. The number of aromatic nitrogens is 2. The van der Waals surface area contributed by atoms with Gasteiger partial charge in [0.1, 0.15) is 5.75 Å². The molecule has 1 N–H and O–H groups in total. The van der Waals surface area contributed by atoms with Crippen LogP contribution in [0.3, 0.4) is 0 Å². The molecule has 1 aliphatic rings. The zero-order valence-electron chi connectivity index (χ0n) is 15.1. The van der Waals surface area contributed by atoms with Crippen molar-refractivity contribution in [2.24, 2.45) is 0 Å². The zero-order chi connectivity index (χ0) is 19.3. The lowest BCUT2D eigenvalue weighted by molar-refractivity contribution is -0.118. The van der Waals surface area contributed by atoms with Crippen LogP contribution in [0, 0.1) is 0 Å². The minimum absolute atomic E-state index is 0.117. The molecule has 1 aliphatic heterocycles. The summed E-state index contributed by atoms with van der Waals surface area (Å²) in [5.41, 5.74) is 2.70. The van der Waals surface area contributed by atoms with Gasteiger partial charge in [0.05, 0.1) is 0 Å². The van der Waals surface area contributed by atoms with Crippen LogP contribution in [-0.2, 0) is 17.8 Å². The highest BCUT2D eigenvalue weighted by atomic mass is 35.5. The molecule has 2 aromatic carbocycles. The number of nitrogens with one attached hydrogen (secondary N) is 1. The number of ether oxygens (including phenoxy) is 1. The van der Waals surface area contributed by atoms with Crippen molar-refractivity contribution < 1.29 is 9.53 Å². The molecule has 2 heterocycles. The summed E-state index contributed by atoms with van der Waals surface area (Å²) in [6.07, 6.45) is 0.985. The van der Waals surface area contributed by atoms with Gasteiger partial charge in [0.2, 0.25) is 0 Å². The molecule has 3 aromatic rings. The van der Waals surface area contributed by atoms with Crippen LogP contribution in [0.25, 0.3) is 0 Å². The Bertz CT molecular complexity index is 961. The number of rotatable bonds is 5. The normalized spacial score (nSPS) is 13.0. The molecule has 7 heteroatoms. The molecular formula is C21H19ClN4O2. The van der Waals surface area contributed by atoms with E-state index in [1.165, 1.54) is 11.1 Å². The van der Waals surface area contributed by atoms with E-state index in [1.807, 2.05) is 6.07 Å². The summed E-state index contributed by atoms with van der Waals surface area (Å²) < 4.78 is 5.42. The summed E-state index contributed by atoms with van der Waals surface area (Å²) in [5.74, 6) is 1.46. The van der Waals surface area contributed by atoms with E-state index in [1.54, 1.807) is 30.3 Å². The second-order valence-electron chi connectivity index (χ2n) is 6.51. The Kier molecular flexibility index (Phi) is 5.39. The Morgan fingerprint density at radius 1 is 1.04 bits per heavy atom. The highest BCUT2D eigenvalue weighted by molar-refractivity contribution is 6.30. The maximum absolute atomic E-state index is 12.0. The number of fused-ring (bicyclic) bond motifs is 1. The van der Waals surface area contributed by atoms with Gasteiger partial charge in [-0.3, -0.25) is 4.79 Å². The first-order valence-corrected chi connectivity index (χ1v) is 9.39. The van der Waals surface area contributed by atoms with Crippen molar-refractivity contribution in [2.45, 2.75) is 13.0 Å². The number of halogens is 1. The number of nitrogens with zero attached hydrogens (tertiary/aromatic N) is 3. The lowest BCUT2D eigenvalue weighted by Gasteiger charge is -2.29. The predicted molar refractivity (Wildman–Crippen MR) is 109 cm³/mol. The molecule has 0 unspecified atom stereocenters. The summed E-state index contributed by atoms with van der Waals surface area (Å²) in [6.45, 7) is 1.59. The van der Waals surface area contributed by atoms with Crippen LogP contribution in [0.2, 0.25) is 5.02 Å². The largest absolute Gasteiger partial charge is 0.484 e. The summed E-state index contributed by atoms with van der Waals surface area (Å²) in [4.78, 5) is 14.2. The second-order valence-corrected chi connectivity index (χ2v) is 6.94. The van der Waals surface area contributed by atoms with E-state index in [0.717, 1.165) is 25.3 Å². The summed E-state index contributed by atoms with van der Waals surface area (Å²) >= 11 is 5.82. The van der Waals surface area contributed by atoms with E-state index >= 15 is 0 Å². The lowest BCUT2D eigenvalue weighted by atomic mass is 10.00. The third kappa shape index (κ3) is 4.40. The van der Waals surface area contributed by atoms with E-state index < -0.39 is 0 Å². The number of carbonyl (C=O) groups excluding carboxylic acids is 1. The molecule has 0 atom stereocenters. The molecular weight excluding hydrogens is 376 g/mol. The highest BCUT2D eigenvalue weighted by Gasteiger charge is 2.17. The molecule has 0 saturated carbocycles. The third-order valence-electron chi connectivity index (χ3n) is 4.56. The maximum Gasteiger partial charge on any atom is 0.263 e. The van der Waals surface area contributed by atoms with Gasteiger partial charge >= 0.3 is 0 Å². The Morgan fingerprint density at radius 3 is 2.57 bits per heavy atom. The molecule has 1 aromatic heterocycles. The SMILES string of the molecule is O=C(COc1ccc(Cl)cc1)Nc1ccc(N2CCc3ccccc3C2)nn1. The fourth-order valence-corrected chi connectivity index (χ4v) is 3.24. The fraction of sp³-hybridized carbons (Fsp3) is 0.190. The molecule has 6 nitrogen and oxygen atoms in total. The van der Waals surface area contributed by atoms with Crippen molar-refractivity contribution in [3.05, 3.63) is 76.8 Å². The Labute approximate surface area is 168 Å². The number of hydrogen-bond acceptors (Lipinski definition) is 5. The van der Waals surface area contributed by atoms with Gasteiger partial charge in [0, 0.05) is 18.1 Å². The maximum atomic E-state index is 12.0. The molecule has 0 saturated heterocycles. The van der Waals surface area contributed by atoms with Gasteiger partial charge in [-0.05, 0) is 53.9 Å². The molecule has 1 amide bonds.